The second-order valence-corrected chi connectivity index (χ2v) is 6.67. The van der Waals surface area contributed by atoms with Crippen molar-refractivity contribution in [2.75, 3.05) is 18.6 Å². The number of carbonyl (C=O) groups excluding carboxylic acids is 3. The fraction of sp³-hybridized carbons (Fsp3) is 0.312. The van der Waals surface area contributed by atoms with Crippen molar-refractivity contribution >= 4 is 58.3 Å². The lowest BCUT2D eigenvalue weighted by atomic mass is 10.1. The van der Waals surface area contributed by atoms with E-state index in [1.807, 2.05) is 0 Å². The molecule has 0 bridgehead atoms. The Morgan fingerprint density at radius 1 is 1.24 bits per heavy atom. The van der Waals surface area contributed by atoms with Gasteiger partial charge in [0.15, 0.2) is 4.87 Å². The van der Waals surface area contributed by atoms with E-state index >= 15 is 0 Å². The third-order valence-electron chi connectivity index (χ3n) is 3.57. The van der Waals surface area contributed by atoms with Crippen molar-refractivity contribution in [3.63, 3.8) is 0 Å². The van der Waals surface area contributed by atoms with Gasteiger partial charge in [0.25, 0.3) is 0 Å². The summed E-state index contributed by atoms with van der Waals surface area (Å²) in [5.74, 6) is -1.82. The fourth-order valence-electron chi connectivity index (χ4n) is 2.47. The van der Waals surface area contributed by atoms with Crippen molar-refractivity contribution in [1.29, 1.82) is 0 Å². The van der Waals surface area contributed by atoms with Crippen LogP contribution in [0.2, 0.25) is 0 Å². The number of methoxy groups -OCH3 is 1. The molecule has 1 fully saturated rings. The van der Waals surface area contributed by atoms with E-state index < -0.39 is 22.7 Å². The molecule has 1 aromatic rings. The molecule has 1 aromatic carbocycles. The largest absolute Gasteiger partial charge is 0.467 e. The molecule has 1 unspecified atom stereocenters. The first-order chi connectivity index (χ1) is 11.8. The van der Waals surface area contributed by atoms with E-state index in [-0.39, 0.29) is 23.2 Å². The maximum Gasteiger partial charge on any atom is 0.338 e. The number of nitrogens with zero attached hydrogens (tertiary/aromatic N) is 1. The summed E-state index contributed by atoms with van der Waals surface area (Å²) in [7, 11) is 1.15. The zero-order valence-electron chi connectivity index (χ0n) is 13.3. The molecule has 2 rings (SSSR count). The Balaban J connectivity index is 2.44. The number of amides is 1. The van der Waals surface area contributed by atoms with Crippen molar-refractivity contribution in [3.05, 3.63) is 40.0 Å². The maximum atomic E-state index is 12.4. The van der Waals surface area contributed by atoms with Crippen LogP contribution in [0.1, 0.15) is 23.7 Å². The molecular weight excluding hydrogens is 393 g/mol. The van der Waals surface area contributed by atoms with E-state index in [1.54, 1.807) is 6.92 Å². The Morgan fingerprint density at radius 3 is 2.32 bits per heavy atom. The van der Waals surface area contributed by atoms with E-state index in [4.69, 9.17) is 39.5 Å². The first-order valence-corrected chi connectivity index (χ1v) is 8.32. The Morgan fingerprint density at radius 2 is 1.84 bits per heavy atom. The molecule has 0 N–H and O–H groups in total. The highest BCUT2D eigenvalue weighted by atomic mass is 35.5. The van der Waals surface area contributed by atoms with Gasteiger partial charge in [0.05, 0.1) is 31.4 Å². The van der Waals surface area contributed by atoms with E-state index in [0.29, 0.717) is 11.3 Å². The van der Waals surface area contributed by atoms with Crippen LogP contribution >= 0.6 is 34.8 Å². The van der Waals surface area contributed by atoms with E-state index in [2.05, 4.69) is 4.74 Å². The van der Waals surface area contributed by atoms with Gasteiger partial charge >= 0.3 is 11.9 Å². The standard InChI is InChI=1S/C16H14Cl3NO5/c1-3-25-14(22)9-4-6-10(7-5-9)20-11(21)8-16(19,15(23)24-2)12(20)13(17)18/h4-7H,3,8H2,1-2H3. The highest BCUT2D eigenvalue weighted by Crippen LogP contribution is 2.45. The molecular formula is C16H14Cl3NO5. The number of benzene rings is 1. The summed E-state index contributed by atoms with van der Waals surface area (Å²) in [6.45, 7) is 1.94. The molecule has 9 heteroatoms. The van der Waals surface area contributed by atoms with Gasteiger partial charge in [-0.1, -0.05) is 34.8 Å². The zero-order chi connectivity index (χ0) is 18.8. The van der Waals surface area contributed by atoms with Gasteiger partial charge in [0, 0.05) is 5.69 Å². The molecule has 0 aromatic heterocycles. The monoisotopic (exact) mass is 405 g/mol. The van der Waals surface area contributed by atoms with Crippen molar-refractivity contribution in [2.24, 2.45) is 0 Å². The van der Waals surface area contributed by atoms with Crippen LogP contribution in [0.4, 0.5) is 5.69 Å². The first kappa shape index (κ1) is 19.6. The number of hydrogen-bond donors (Lipinski definition) is 0. The Kier molecular flexibility index (Phi) is 5.98. The van der Waals surface area contributed by atoms with Gasteiger partial charge in [-0.15, -0.1) is 0 Å². The van der Waals surface area contributed by atoms with Gasteiger partial charge in [-0.2, -0.15) is 0 Å². The summed E-state index contributed by atoms with van der Waals surface area (Å²) in [6.07, 6.45) is -0.362. The van der Waals surface area contributed by atoms with Gasteiger partial charge in [0.1, 0.15) is 4.49 Å². The predicted octanol–water partition coefficient (Wildman–Crippen LogP) is 3.40. The summed E-state index contributed by atoms with van der Waals surface area (Å²) in [4.78, 5) is 35.5. The van der Waals surface area contributed by atoms with Crippen molar-refractivity contribution < 1.29 is 23.9 Å². The summed E-state index contributed by atoms with van der Waals surface area (Å²) < 4.78 is 9.23. The van der Waals surface area contributed by atoms with Crippen LogP contribution in [-0.2, 0) is 19.1 Å². The van der Waals surface area contributed by atoms with Crippen molar-refractivity contribution in [1.82, 2.24) is 0 Å². The molecule has 0 spiro atoms. The quantitative estimate of drug-likeness (QED) is 0.566. The zero-order valence-corrected chi connectivity index (χ0v) is 15.6. The molecule has 1 heterocycles. The number of rotatable bonds is 4. The first-order valence-electron chi connectivity index (χ1n) is 7.19. The van der Waals surface area contributed by atoms with Gasteiger partial charge in [-0.25, -0.2) is 9.59 Å². The normalized spacial score (nSPS) is 19.8. The molecule has 0 saturated carbocycles. The topological polar surface area (TPSA) is 72.9 Å². The average molecular weight is 407 g/mol. The van der Waals surface area contributed by atoms with Crippen molar-refractivity contribution in [2.45, 2.75) is 18.2 Å². The molecule has 1 saturated heterocycles. The Labute approximate surface area is 159 Å². The Hall–Kier alpha value is -1.76. The molecule has 6 nitrogen and oxygen atoms in total. The number of ether oxygens (including phenoxy) is 2. The maximum absolute atomic E-state index is 12.4. The lowest BCUT2D eigenvalue weighted by Crippen LogP contribution is -2.35. The highest BCUT2D eigenvalue weighted by Gasteiger charge is 2.55. The van der Waals surface area contributed by atoms with Crippen LogP contribution < -0.4 is 4.90 Å². The van der Waals surface area contributed by atoms with Crippen LogP contribution in [0.3, 0.4) is 0 Å². The van der Waals surface area contributed by atoms with Crippen LogP contribution in [0.15, 0.2) is 34.5 Å². The molecule has 1 aliphatic heterocycles. The van der Waals surface area contributed by atoms with E-state index in [9.17, 15) is 14.4 Å². The number of alkyl halides is 1. The number of halogens is 3. The predicted molar refractivity (Wildman–Crippen MR) is 93.8 cm³/mol. The van der Waals surface area contributed by atoms with Crippen LogP contribution in [0, 0.1) is 0 Å². The SMILES string of the molecule is CCOC(=O)c1ccc(N2C(=O)CC(Cl)(C(=O)OC)C2=C(Cl)Cl)cc1. The minimum Gasteiger partial charge on any atom is -0.467 e. The smallest absolute Gasteiger partial charge is 0.338 e. The van der Waals surface area contributed by atoms with Crippen LogP contribution in [0.5, 0.6) is 0 Å². The third-order valence-corrected chi connectivity index (χ3v) is 4.39. The average Bonchev–Trinajstić information content (AvgIpc) is 2.86. The highest BCUT2D eigenvalue weighted by molar-refractivity contribution is 6.58. The van der Waals surface area contributed by atoms with Gasteiger partial charge in [-0.3, -0.25) is 9.69 Å². The van der Waals surface area contributed by atoms with Gasteiger partial charge in [-0.05, 0) is 31.2 Å². The van der Waals surface area contributed by atoms with Gasteiger partial charge in [0.2, 0.25) is 5.91 Å². The third kappa shape index (κ3) is 3.61. The second kappa shape index (κ2) is 7.64. The molecule has 134 valence electrons. The molecule has 0 aliphatic carbocycles. The number of esters is 2. The summed E-state index contributed by atoms with van der Waals surface area (Å²) in [5.41, 5.74) is 0.571. The molecule has 1 atom stereocenters. The second-order valence-electron chi connectivity index (χ2n) is 5.08. The number of anilines is 1. The van der Waals surface area contributed by atoms with E-state index in [1.165, 1.54) is 24.3 Å². The van der Waals surface area contributed by atoms with Gasteiger partial charge < -0.3 is 9.47 Å². The minimum absolute atomic E-state index is 0.0850. The van der Waals surface area contributed by atoms with Crippen molar-refractivity contribution in [3.8, 4) is 0 Å². The fourth-order valence-corrected chi connectivity index (χ4v) is 3.43. The van der Waals surface area contributed by atoms with E-state index in [0.717, 1.165) is 12.0 Å². The molecule has 1 amide bonds. The van der Waals surface area contributed by atoms with Crippen LogP contribution in [0.25, 0.3) is 0 Å². The number of hydrogen-bond acceptors (Lipinski definition) is 5. The minimum atomic E-state index is -1.82. The summed E-state index contributed by atoms with van der Waals surface area (Å²) in [6, 6.07) is 5.96. The molecule has 1 aliphatic rings. The lowest BCUT2D eigenvalue weighted by Gasteiger charge is -2.24. The molecule has 0 radical (unpaired) electrons. The molecule has 25 heavy (non-hydrogen) atoms. The summed E-state index contributed by atoms with van der Waals surface area (Å²) >= 11 is 18.1. The Bertz CT molecular complexity index is 743. The summed E-state index contributed by atoms with van der Waals surface area (Å²) in [5, 5.41) is 0. The lowest BCUT2D eigenvalue weighted by molar-refractivity contribution is -0.143. The number of carbonyl (C=O) groups is 3. The van der Waals surface area contributed by atoms with Crippen LogP contribution in [-0.4, -0.2) is 36.4 Å².